The smallest absolute Gasteiger partial charge is 0.254 e. The number of nitrogens with zero attached hydrogens (tertiary/aromatic N) is 6. The van der Waals surface area contributed by atoms with Crippen molar-refractivity contribution in [1.29, 1.82) is 0 Å². The van der Waals surface area contributed by atoms with Crippen LogP contribution in [0.5, 0.6) is 11.5 Å². The fourth-order valence-corrected chi connectivity index (χ4v) is 5.19. The van der Waals surface area contributed by atoms with Crippen LogP contribution < -0.4 is 14.4 Å². The molecule has 0 saturated carbocycles. The lowest BCUT2D eigenvalue weighted by Crippen LogP contribution is -2.49. The summed E-state index contributed by atoms with van der Waals surface area (Å²) in [5, 5.41) is 5.65. The van der Waals surface area contributed by atoms with E-state index < -0.39 is 0 Å². The summed E-state index contributed by atoms with van der Waals surface area (Å²) in [5.41, 5.74) is 2.77. The Morgan fingerprint density at radius 2 is 1.65 bits per heavy atom. The van der Waals surface area contributed by atoms with Gasteiger partial charge in [0.2, 0.25) is 0 Å². The molecule has 0 radical (unpaired) electrons. The molecule has 2 aromatic heterocycles. The van der Waals surface area contributed by atoms with Crippen molar-refractivity contribution in [2.24, 2.45) is 0 Å². The number of aryl methyl sites for hydroxylation is 1. The van der Waals surface area contributed by atoms with Crippen LogP contribution in [0.4, 0.5) is 10.2 Å². The highest BCUT2D eigenvalue weighted by Gasteiger charge is 2.28. The third kappa shape index (κ3) is 5.30. The maximum atomic E-state index is 13.7. The molecular weight excluding hydrogens is 511 g/mol. The molecule has 1 fully saturated rings. The van der Waals surface area contributed by atoms with E-state index in [1.165, 1.54) is 12.1 Å². The third-order valence-corrected chi connectivity index (χ3v) is 7.40. The first-order chi connectivity index (χ1) is 19.3. The van der Waals surface area contributed by atoms with Gasteiger partial charge in [0.25, 0.3) is 5.91 Å². The van der Waals surface area contributed by atoms with Crippen molar-refractivity contribution < 1.29 is 18.7 Å². The van der Waals surface area contributed by atoms with Crippen LogP contribution in [0.15, 0.2) is 42.5 Å². The summed E-state index contributed by atoms with van der Waals surface area (Å²) in [4.78, 5) is 27.5. The third-order valence-electron chi connectivity index (χ3n) is 7.40. The van der Waals surface area contributed by atoms with E-state index in [0.717, 1.165) is 41.3 Å². The second-order valence-corrected chi connectivity index (χ2v) is 10.1. The van der Waals surface area contributed by atoms with E-state index in [1.807, 2.05) is 11.8 Å². The van der Waals surface area contributed by atoms with Crippen molar-refractivity contribution in [2.75, 3.05) is 45.3 Å². The van der Waals surface area contributed by atoms with Crippen molar-refractivity contribution in [3.63, 3.8) is 0 Å². The predicted molar refractivity (Wildman–Crippen MR) is 152 cm³/mol. The minimum atomic E-state index is -0.302. The number of carbonyl (C=O) groups excluding carboxylic acids is 1. The summed E-state index contributed by atoms with van der Waals surface area (Å²) in [6.45, 7) is 8.53. The Balaban J connectivity index is 1.47. The number of aromatic nitrogens is 4. The van der Waals surface area contributed by atoms with Crippen LogP contribution in [0.25, 0.3) is 16.7 Å². The number of halogens is 1. The summed E-state index contributed by atoms with van der Waals surface area (Å²) in [6.07, 6.45) is 1.98. The Morgan fingerprint density at radius 1 is 1.00 bits per heavy atom. The van der Waals surface area contributed by atoms with Gasteiger partial charge in [-0.3, -0.25) is 4.79 Å². The van der Waals surface area contributed by atoms with Gasteiger partial charge >= 0.3 is 0 Å². The Bertz CT molecular complexity index is 1490. The van der Waals surface area contributed by atoms with Gasteiger partial charge in [-0.25, -0.2) is 19.0 Å². The van der Waals surface area contributed by atoms with E-state index in [1.54, 1.807) is 49.2 Å². The summed E-state index contributed by atoms with van der Waals surface area (Å²) in [6, 6.07) is 11.5. The van der Waals surface area contributed by atoms with Crippen LogP contribution in [0, 0.1) is 12.7 Å². The normalized spacial score (nSPS) is 14.4. The van der Waals surface area contributed by atoms with Crippen LogP contribution in [0.1, 0.15) is 54.5 Å². The number of hydrogen-bond donors (Lipinski definition) is 0. The van der Waals surface area contributed by atoms with Gasteiger partial charge in [0, 0.05) is 43.7 Å². The average Bonchev–Trinajstić information content (AvgIpc) is 3.32. The first-order valence-electron chi connectivity index (χ1n) is 13.6. The zero-order chi connectivity index (χ0) is 28.4. The van der Waals surface area contributed by atoms with Gasteiger partial charge in [-0.05, 0) is 49.7 Å². The highest BCUT2D eigenvalue weighted by Crippen LogP contribution is 2.32. The number of fused-ring (bicyclic) bond motifs is 1. The number of carbonyl (C=O) groups is 1. The van der Waals surface area contributed by atoms with E-state index >= 15 is 0 Å². The lowest BCUT2D eigenvalue weighted by Gasteiger charge is -2.36. The van der Waals surface area contributed by atoms with Crippen molar-refractivity contribution >= 4 is 22.8 Å². The van der Waals surface area contributed by atoms with Crippen LogP contribution in [0.3, 0.4) is 0 Å². The largest absolute Gasteiger partial charge is 0.497 e. The number of methoxy groups -OCH3 is 2. The summed E-state index contributed by atoms with van der Waals surface area (Å²) in [5.74, 6) is 2.53. The molecule has 0 aliphatic carbocycles. The number of benzene rings is 2. The maximum Gasteiger partial charge on any atom is 0.254 e. The monoisotopic (exact) mass is 546 g/mol. The minimum Gasteiger partial charge on any atom is -0.497 e. The molecule has 0 bridgehead atoms. The maximum absolute atomic E-state index is 13.7. The Kier molecular flexibility index (Phi) is 7.86. The average molecular weight is 547 g/mol. The van der Waals surface area contributed by atoms with Crippen molar-refractivity contribution in [3.8, 4) is 17.2 Å². The molecule has 1 aliphatic heterocycles. The quantitative estimate of drug-likeness (QED) is 0.302. The Morgan fingerprint density at radius 3 is 2.25 bits per heavy atom. The highest BCUT2D eigenvalue weighted by atomic mass is 19.1. The number of hydrogen-bond acceptors (Lipinski definition) is 7. The molecule has 2 aromatic carbocycles. The molecule has 1 atom stereocenters. The molecule has 9 nitrogen and oxygen atoms in total. The van der Waals surface area contributed by atoms with E-state index in [0.29, 0.717) is 48.9 Å². The van der Waals surface area contributed by atoms with Crippen molar-refractivity contribution in [3.05, 3.63) is 65.4 Å². The number of piperazine rings is 1. The first-order valence-corrected chi connectivity index (χ1v) is 13.6. The van der Waals surface area contributed by atoms with Gasteiger partial charge in [-0.1, -0.05) is 20.3 Å². The first kappa shape index (κ1) is 27.4. The van der Waals surface area contributed by atoms with Crippen LogP contribution in [0.2, 0.25) is 0 Å². The highest BCUT2D eigenvalue weighted by molar-refractivity contribution is 5.95. The van der Waals surface area contributed by atoms with Crippen molar-refractivity contribution in [2.45, 2.75) is 39.5 Å². The second kappa shape index (κ2) is 11.5. The Hall–Kier alpha value is -4.21. The lowest BCUT2D eigenvalue weighted by atomic mass is 10.1. The van der Waals surface area contributed by atoms with Crippen LogP contribution in [-0.2, 0) is 0 Å². The Labute approximate surface area is 233 Å². The molecule has 3 heterocycles. The van der Waals surface area contributed by atoms with Crippen LogP contribution in [-0.4, -0.2) is 71.0 Å². The fourth-order valence-electron chi connectivity index (χ4n) is 5.19. The van der Waals surface area contributed by atoms with Gasteiger partial charge in [0.05, 0.1) is 31.0 Å². The van der Waals surface area contributed by atoms with Crippen LogP contribution >= 0.6 is 0 Å². The molecule has 5 rings (SSSR count). The van der Waals surface area contributed by atoms with Crippen molar-refractivity contribution in [1.82, 2.24) is 24.6 Å². The number of ether oxygens (including phenoxy) is 2. The zero-order valence-electron chi connectivity index (χ0n) is 23.6. The molecule has 40 heavy (non-hydrogen) atoms. The van der Waals surface area contributed by atoms with Gasteiger partial charge in [0.1, 0.15) is 29.0 Å². The van der Waals surface area contributed by atoms with Gasteiger partial charge < -0.3 is 19.3 Å². The molecule has 0 N–H and O–H groups in total. The molecule has 0 spiro atoms. The van der Waals surface area contributed by atoms with Gasteiger partial charge in [-0.2, -0.15) is 5.10 Å². The van der Waals surface area contributed by atoms with Gasteiger partial charge in [0.15, 0.2) is 5.65 Å². The molecule has 1 amide bonds. The van der Waals surface area contributed by atoms with E-state index in [2.05, 4.69) is 18.7 Å². The predicted octanol–water partition coefficient (Wildman–Crippen LogP) is 5.15. The van der Waals surface area contributed by atoms with E-state index in [-0.39, 0.29) is 17.6 Å². The zero-order valence-corrected chi connectivity index (χ0v) is 23.6. The van der Waals surface area contributed by atoms with E-state index in [9.17, 15) is 9.18 Å². The second-order valence-electron chi connectivity index (χ2n) is 10.1. The van der Waals surface area contributed by atoms with E-state index in [4.69, 9.17) is 24.5 Å². The number of anilines is 1. The molecule has 1 saturated heterocycles. The SMILES string of the molecule is CCC[C@H](C)c1nc(N2CCN(C(=O)c3cc(OC)cc(OC)c3)CC2)c2c(C)nn(-c3ccc(F)cc3)c2n1. The molecule has 1 aliphatic rings. The number of rotatable bonds is 8. The molecule has 210 valence electrons. The van der Waals surface area contributed by atoms with Gasteiger partial charge in [-0.15, -0.1) is 0 Å². The molecule has 10 heteroatoms. The molecular formula is C30H35FN6O3. The molecule has 0 unspecified atom stereocenters. The summed E-state index contributed by atoms with van der Waals surface area (Å²) >= 11 is 0. The number of amides is 1. The minimum absolute atomic E-state index is 0.0674. The summed E-state index contributed by atoms with van der Waals surface area (Å²) in [7, 11) is 3.14. The topological polar surface area (TPSA) is 85.6 Å². The standard InChI is InChI=1S/C30H35FN6O3/c1-6-7-19(2)27-32-28(26-20(3)34-37(29(26)33-27)23-10-8-22(31)9-11-23)35-12-14-36(15-13-35)30(38)21-16-24(39-4)18-25(17-21)40-5/h8-11,16-19H,6-7,12-15H2,1-5H3/t19-/m0/s1. The molecule has 4 aromatic rings. The lowest BCUT2D eigenvalue weighted by molar-refractivity contribution is 0.0746. The fraction of sp³-hybridized carbons (Fsp3) is 0.400. The summed E-state index contributed by atoms with van der Waals surface area (Å²) < 4.78 is 26.1.